The topological polar surface area (TPSA) is 35.3 Å². The smallest absolute Gasteiger partial charge is 0.259 e. The second-order valence-electron chi connectivity index (χ2n) is 2.39. The van der Waals surface area contributed by atoms with Crippen molar-refractivity contribution in [2.75, 3.05) is 0 Å². The first-order valence-electron chi connectivity index (χ1n) is 3.68. The van der Waals surface area contributed by atoms with Gasteiger partial charge < -0.3 is 9.26 Å². The van der Waals surface area contributed by atoms with Crippen LogP contribution in [0, 0.1) is 5.82 Å². The molecule has 0 atom stereocenters. The number of nitrogens with zero attached hydrogens (tertiary/aromatic N) is 1. The van der Waals surface area contributed by atoms with Gasteiger partial charge >= 0.3 is 0 Å². The lowest BCUT2D eigenvalue weighted by Gasteiger charge is -1.99. The van der Waals surface area contributed by atoms with Crippen LogP contribution in [0.25, 0.3) is 0 Å². The quantitative estimate of drug-likeness (QED) is 0.710. The van der Waals surface area contributed by atoms with Crippen LogP contribution in [-0.4, -0.2) is 5.16 Å². The third-order valence-corrected chi connectivity index (χ3v) is 1.45. The van der Waals surface area contributed by atoms with Gasteiger partial charge in [0.25, 0.3) is 5.88 Å². The van der Waals surface area contributed by atoms with Gasteiger partial charge in [-0.1, -0.05) is 0 Å². The molecule has 0 aliphatic heterocycles. The van der Waals surface area contributed by atoms with Crippen molar-refractivity contribution in [2.24, 2.45) is 0 Å². The molecule has 2 rings (SSSR count). The van der Waals surface area contributed by atoms with E-state index >= 15 is 0 Å². The summed E-state index contributed by atoms with van der Waals surface area (Å²) in [4.78, 5) is 0. The van der Waals surface area contributed by atoms with Gasteiger partial charge in [-0.2, -0.15) is 0 Å². The number of ether oxygens (including phenoxy) is 1. The molecule has 2 aromatic rings. The average molecular weight is 179 g/mol. The number of aromatic nitrogens is 1. The molecule has 0 fully saturated rings. The summed E-state index contributed by atoms with van der Waals surface area (Å²) in [7, 11) is 0. The third kappa shape index (κ3) is 1.84. The minimum atomic E-state index is -0.299. The van der Waals surface area contributed by atoms with Crippen LogP contribution >= 0.6 is 0 Å². The predicted octanol–water partition coefficient (Wildman–Crippen LogP) is 2.61. The number of halogens is 1. The Balaban J connectivity index is 2.15. The summed E-state index contributed by atoms with van der Waals surface area (Å²) in [5.74, 6) is 0.578. The third-order valence-electron chi connectivity index (χ3n) is 1.45. The molecular formula is C9H6FNO2. The second kappa shape index (κ2) is 3.26. The van der Waals surface area contributed by atoms with Crippen LogP contribution in [0.4, 0.5) is 4.39 Å². The Morgan fingerprint density at radius 3 is 2.54 bits per heavy atom. The summed E-state index contributed by atoms with van der Waals surface area (Å²) >= 11 is 0. The Kier molecular flexibility index (Phi) is 1.96. The maximum Gasteiger partial charge on any atom is 0.259 e. The van der Waals surface area contributed by atoms with Crippen LogP contribution in [0.15, 0.2) is 41.1 Å². The van der Waals surface area contributed by atoms with E-state index in [2.05, 4.69) is 9.68 Å². The molecule has 0 aliphatic carbocycles. The molecule has 1 heterocycles. The normalized spacial score (nSPS) is 9.92. The van der Waals surface area contributed by atoms with E-state index in [-0.39, 0.29) is 5.82 Å². The second-order valence-corrected chi connectivity index (χ2v) is 2.39. The van der Waals surface area contributed by atoms with Crippen molar-refractivity contribution in [1.29, 1.82) is 0 Å². The molecule has 4 heteroatoms. The van der Waals surface area contributed by atoms with Crippen LogP contribution in [0.5, 0.6) is 11.6 Å². The maximum absolute atomic E-state index is 12.5. The van der Waals surface area contributed by atoms with E-state index in [1.807, 2.05) is 0 Å². The average Bonchev–Trinajstić information content (AvgIpc) is 2.62. The molecule has 1 aromatic carbocycles. The molecule has 0 saturated carbocycles. The number of hydrogen-bond acceptors (Lipinski definition) is 3. The molecule has 0 unspecified atom stereocenters. The Hall–Kier alpha value is -1.84. The number of hydrogen-bond donors (Lipinski definition) is 0. The van der Waals surface area contributed by atoms with Crippen molar-refractivity contribution >= 4 is 0 Å². The monoisotopic (exact) mass is 179 g/mol. The highest BCUT2D eigenvalue weighted by atomic mass is 19.1. The molecule has 3 nitrogen and oxygen atoms in total. The first kappa shape index (κ1) is 7.79. The fourth-order valence-electron chi connectivity index (χ4n) is 0.877. The Morgan fingerprint density at radius 1 is 1.15 bits per heavy atom. The summed E-state index contributed by atoms with van der Waals surface area (Å²) in [5, 5.41) is 3.54. The minimum absolute atomic E-state index is 0.299. The van der Waals surface area contributed by atoms with Crippen molar-refractivity contribution in [2.45, 2.75) is 0 Å². The highest BCUT2D eigenvalue weighted by Gasteiger charge is 1.99. The lowest BCUT2D eigenvalue weighted by Crippen LogP contribution is -1.83. The number of rotatable bonds is 2. The summed E-state index contributed by atoms with van der Waals surface area (Å²) < 4.78 is 22.2. The molecular weight excluding hydrogens is 173 g/mol. The van der Waals surface area contributed by atoms with Gasteiger partial charge in [-0.25, -0.2) is 4.39 Å². The molecule has 0 N–H and O–H groups in total. The molecule has 0 saturated heterocycles. The van der Waals surface area contributed by atoms with Crippen LogP contribution < -0.4 is 4.74 Å². The van der Waals surface area contributed by atoms with E-state index in [9.17, 15) is 4.39 Å². The number of benzene rings is 1. The molecule has 0 bridgehead atoms. The van der Waals surface area contributed by atoms with Gasteiger partial charge in [-0.3, -0.25) is 0 Å². The van der Waals surface area contributed by atoms with E-state index in [1.54, 1.807) is 6.07 Å². The van der Waals surface area contributed by atoms with E-state index in [0.717, 1.165) is 0 Å². The van der Waals surface area contributed by atoms with Gasteiger partial charge in [0.15, 0.2) is 0 Å². The largest absolute Gasteiger partial charge is 0.436 e. The van der Waals surface area contributed by atoms with Crippen LogP contribution in [0.2, 0.25) is 0 Å². The van der Waals surface area contributed by atoms with Crippen molar-refractivity contribution in [1.82, 2.24) is 5.16 Å². The van der Waals surface area contributed by atoms with Crippen LogP contribution in [0.1, 0.15) is 0 Å². The Morgan fingerprint density at radius 2 is 1.92 bits per heavy atom. The molecule has 0 radical (unpaired) electrons. The summed E-state index contributed by atoms with van der Waals surface area (Å²) in [6.45, 7) is 0. The van der Waals surface area contributed by atoms with Crippen molar-refractivity contribution in [3.63, 3.8) is 0 Å². The lowest BCUT2D eigenvalue weighted by atomic mass is 10.3. The van der Waals surface area contributed by atoms with Crippen molar-refractivity contribution in [3.05, 3.63) is 42.4 Å². The van der Waals surface area contributed by atoms with E-state index in [0.29, 0.717) is 11.6 Å². The Bertz CT molecular complexity index is 369. The van der Waals surface area contributed by atoms with E-state index in [1.165, 1.54) is 30.5 Å². The van der Waals surface area contributed by atoms with Gasteiger partial charge in [0.2, 0.25) is 0 Å². The van der Waals surface area contributed by atoms with Crippen LogP contribution in [0.3, 0.4) is 0 Å². The highest BCUT2D eigenvalue weighted by molar-refractivity contribution is 5.25. The van der Waals surface area contributed by atoms with E-state index < -0.39 is 0 Å². The van der Waals surface area contributed by atoms with Gasteiger partial charge in [0, 0.05) is 6.07 Å². The zero-order valence-corrected chi connectivity index (χ0v) is 6.61. The maximum atomic E-state index is 12.5. The highest BCUT2D eigenvalue weighted by Crippen LogP contribution is 2.18. The molecule has 0 aliphatic rings. The van der Waals surface area contributed by atoms with Crippen LogP contribution in [-0.2, 0) is 0 Å². The molecule has 13 heavy (non-hydrogen) atoms. The first-order chi connectivity index (χ1) is 6.34. The summed E-state index contributed by atoms with van der Waals surface area (Å²) in [6, 6.07) is 7.24. The van der Waals surface area contributed by atoms with Gasteiger partial charge in [-0.15, -0.1) is 0 Å². The molecule has 0 amide bonds. The zero-order valence-electron chi connectivity index (χ0n) is 6.61. The lowest BCUT2D eigenvalue weighted by molar-refractivity contribution is 0.366. The summed E-state index contributed by atoms with van der Waals surface area (Å²) in [6.07, 6.45) is 1.40. The minimum Gasteiger partial charge on any atom is -0.436 e. The first-order valence-corrected chi connectivity index (χ1v) is 3.68. The fraction of sp³-hybridized carbons (Fsp3) is 0. The predicted molar refractivity (Wildman–Crippen MR) is 43.0 cm³/mol. The zero-order chi connectivity index (χ0) is 9.10. The SMILES string of the molecule is Fc1ccc(Oc2ccon2)cc1. The standard InChI is InChI=1S/C9H6FNO2/c10-7-1-3-8(4-2-7)13-9-5-6-12-11-9/h1-6H. The fourth-order valence-corrected chi connectivity index (χ4v) is 0.877. The van der Waals surface area contributed by atoms with Crippen molar-refractivity contribution < 1.29 is 13.7 Å². The molecule has 0 spiro atoms. The van der Waals surface area contributed by atoms with Gasteiger partial charge in [0.1, 0.15) is 17.8 Å². The Labute approximate surface area is 73.7 Å². The van der Waals surface area contributed by atoms with E-state index in [4.69, 9.17) is 4.74 Å². The van der Waals surface area contributed by atoms with Crippen molar-refractivity contribution in [3.8, 4) is 11.6 Å². The molecule has 66 valence electrons. The summed E-state index contributed by atoms with van der Waals surface area (Å²) in [5.41, 5.74) is 0. The molecule has 1 aromatic heterocycles. The van der Waals surface area contributed by atoms with Gasteiger partial charge in [-0.05, 0) is 29.4 Å². The van der Waals surface area contributed by atoms with Gasteiger partial charge in [0.05, 0.1) is 0 Å².